The van der Waals surface area contributed by atoms with Crippen molar-refractivity contribution in [2.24, 2.45) is 0 Å². The van der Waals surface area contributed by atoms with E-state index in [2.05, 4.69) is 20.3 Å². The second-order valence-corrected chi connectivity index (χ2v) is 8.01. The molecule has 1 N–H and O–H groups in total. The van der Waals surface area contributed by atoms with Gasteiger partial charge in [-0.1, -0.05) is 24.3 Å². The lowest BCUT2D eigenvalue weighted by Gasteiger charge is -2.07. The molecular formula is C23H17N5O2S. The first-order valence-electron chi connectivity index (χ1n) is 9.73. The molecule has 31 heavy (non-hydrogen) atoms. The van der Waals surface area contributed by atoms with Gasteiger partial charge in [0.05, 0.1) is 27.4 Å². The summed E-state index contributed by atoms with van der Waals surface area (Å²) in [5.74, 6) is 0.235. The van der Waals surface area contributed by atoms with Crippen LogP contribution in [0.2, 0.25) is 0 Å². The lowest BCUT2D eigenvalue weighted by Crippen LogP contribution is -2.23. The number of carbonyl (C=O) groups excluding carboxylic acids is 1. The SMILES string of the molecule is O=C(CCn1cnc2ccccc2c1=O)Nc1ccc(-c2nc3ccccc3s2)cn1. The number of para-hydroxylation sites is 2. The van der Waals surface area contributed by atoms with E-state index < -0.39 is 0 Å². The molecule has 3 heterocycles. The Kier molecular flexibility index (Phi) is 4.97. The van der Waals surface area contributed by atoms with Crippen LogP contribution in [0.3, 0.4) is 0 Å². The predicted molar refractivity (Wildman–Crippen MR) is 122 cm³/mol. The van der Waals surface area contributed by atoms with Gasteiger partial charge < -0.3 is 5.32 Å². The smallest absolute Gasteiger partial charge is 0.261 e. The minimum atomic E-state index is -0.222. The Hall–Kier alpha value is -3.91. The second-order valence-electron chi connectivity index (χ2n) is 6.98. The number of aryl methyl sites for hydroxylation is 1. The molecule has 0 fully saturated rings. The van der Waals surface area contributed by atoms with Crippen LogP contribution in [0.1, 0.15) is 6.42 Å². The molecule has 0 saturated heterocycles. The average molecular weight is 427 g/mol. The number of hydrogen-bond acceptors (Lipinski definition) is 6. The molecule has 7 nitrogen and oxygen atoms in total. The highest BCUT2D eigenvalue weighted by Gasteiger charge is 2.09. The first-order chi connectivity index (χ1) is 15.2. The van der Waals surface area contributed by atoms with Gasteiger partial charge in [0.25, 0.3) is 5.56 Å². The lowest BCUT2D eigenvalue weighted by molar-refractivity contribution is -0.116. The minimum absolute atomic E-state index is 0.140. The zero-order chi connectivity index (χ0) is 21.2. The van der Waals surface area contributed by atoms with E-state index in [0.29, 0.717) is 16.7 Å². The number of nitrogens with zero attached hydrogens (tertiary/aromatic N) is 4. The zero-order valence-corrected chi connectivity index (χ0v) is 17.2. The van der Waals surface area contributed by atoms with E-state index in [1.807, 2.05) is 36.4 Å². The van der Waals surface area contributed by atoms with Crippen molar-refractivity contribution < 1.29 is 4.79 Å². The first-order valence-corrected chi connectivity index (χ1v) is 10.5. The van der Waals surface area contributed by atoms with Crippen LogP contribution in [0.25, 0.3) is 31.7 Å². The summed E-state index contributed by atoms with van der Waals surface area (Å²) in [5.41, 5.74) is 2.34. The van der Waals surface area contributed by atoms with Gasteiger partial charge in [0, 0.05) is 24.7 Å². The van der Waals surface area contributed by atoms with Gasteiger partial charge in [-0.2, -0.15) is 0 Å². The van der Waals surface area contributed by atoms with Crippen LogP contribution < -0.4 is 10.9 Å². The molecule has 8 heteroatoms. The summed E-state index contributed by atoms with van der Waals surface area (Å²) in [6.45, 7) is 0.242. The number of fused-ring (bicyclic) bond motifs is 2. The molecule has 5 rings (SSSR count). The fourth-order valence-corrected chi connectivity index (χ4v) is 4.24. The third-order valence-corrected chi connectivity index (χ3v) is 5.97. The van der Waals surface area contributed by atoms with Crippen LogP contribution in [0.4, 0.5) is 5.82 Å². The molecule has 5 aromatic rings. The molecule has 0 bridgehead atoms. The average Bonchev–Trinajstić information content (AvgIpc) is 3.24. The number of anilines is 1. The minimum Gasteiger partial charge on any atom is -0.311 e. The van der Waals surface area contributed by atoms with Crippen LogP contribution in [0.5, 0.6) is 0 Å². The van der Waals surface area contributed by atoms with E-state index >= 15 is 0 Å². The van der Waals surface area contributed by atoms with Gasteiger partial charge in [-0.15, -0.1) is 11.3 Å². The van der Waals surface area contributed by atoms with Crippen LogP contribution in [-0.4, -0.2) is 25.4 Å². The molecule has 0 aliphatic heterocycles. The zero-order valence-electron chi connectivity index (χ0n) is 16.4. The van der Waals surface area contributed by atoms with Crippen LogP contribution in [0.15, 0.2) is 78.0 Å². The number of benzene rings is 2. The Balaban J connectivity index is 1.24. The molecular weight excluding hydrogens is 410 g/mol. The molecule has 0 saturated carbocycles. The summed E-state index contributed by atoms with van der Waals surface area (Å²) in [7, 11) is 0. The molecule has 152 valence electrons. The molecule has 3 aromatic heterocycles. The standard InChI is InChI=1S/C23H17N5O2S/c29-21(11-12-28-14-25-17-6-2-1-5-16(17)23(28)30)27-20-10-9-15(13-24-20)22-26-18-7-3-4-8-19(18)31-22/h1-10,13-14H,11-12H2,(H,24,27,29). The summed E-state index contributed by atoms with van der Waals surface area (Å²) < 4.78 is 2.57. The Morgan fingerprint density at radius 3 is 2.58 bits per heavy atom. The van der Waals surface area contributed by atoms with E-state index in [9.17, 15) is 9.59 Å². The van der Waals surface area contributed by atoms with Crippen LogP contribution in [-0.2, 0) is 11.3 Å². The molecule has 1 amide bonds. The Morgan fingerprint density at radius 1 is 0.968 bits per heavy atom. The van der Waals surface area contributed by atoms with Crippen molar-refractivity contribution in [2.45, 2.75) is 13.0 Å². The van der Waals surface area contributed by atoms with E-state index in [4.69, 9.17) is 0 Å². The highest BCUT2D eigenvalue weighted by atomic mass is 32.1. The Labute approximate surface area is 181 Å². The fraction of sp³-hybridized carbons (Fsp3) is 0.0870. The molecule has 0 aliphatic rings. The Morgan fingerprint density at radius 2 is 1.77 bits per heavy atom. The molecule has 0 spiro atoms. The van der Waals surface area contributed by atoms with Gasteiger partial charge in [0.15, 0.2) is 0 Å². The van der Waals surface area contributed by atoms with Crippen molar-refractivity contribution in [3.05, 3.63) is 83.5 Å². The van der Waals surface area contributed by atoms with Crippen LogP contribution >= 0.6 is 11.3 Å². The summed E-state index contributed by atoms with van der Waals surface area (Å²) in [6, 6.07) is 18.8. The third kappa shape index (κ3) is 3.93. The van der Waals surface area contributed by atoms with E-state index in [1.165, 1.54) is 10.9 Å². The normalized spacial score (nSPS) is 11.1. The maximum Gasteiger partial charge on any atom is 0.261 e. The number of rotatable bonds is 5. The summed E-state index contributed by atoms with van der Waals surface area (Å²) in [5, 5.41) is 4.19. The van der Waals surface area contributed by atoms with E-state index in [-0.39, 0.29) is 24.4 Å². The van der Waals surface area contributed by atoms with Gasteiger partial charge in [0.1, 0.15) is 10.8 Å². The molecule has 0 unspecified atom stereocenters. The highest BCUT2D eigenvalue weighted by molar-refractivity contribution is 7.21. The number of pyridine rings is 1. The van der Waals surface area contributed by atoms with Gasteiger partial charge >= 0.3 is 0 Å². The third-order valence-electron chi connectivity index (χ3n) is 4.88. The van der Waals surface area contributed by atoms with Crippen molar-refractivity contribution in [2.75, 3.05) is 5.32 Å². The summed E-state index contributed by atoms with van der Waals surface area (Å²) in [4.78, 5) is 38.1. The number of amides is 1. The first kappa shape index (κ1) is 19.1. The number of thiazole rings is 1. The van der Waals surface area contributed by atoms with Gasteiger partial charge in [-0.3, -0.25) is 14.2 Å². The van der Waals surface area contributed by atoms with Gasteiger partial charge in [0.2, 0.25) is 5.91 Å². The van der Waals surface area contributed by atoms with Gasteiger partial charge in [-0.05, 0) is 36.4 Å². The predicted octanol–water partition coefficient (Wildman–Crippen LogP) is 4.10. The fourth-order valence-electron chi connectivity index (χ4n) is 3.28. The Bertz CT molecular complexity index is 1420. The maximum absolute atomic E-state index is 12.5. The topological polar surface area (TPSA) is 89.8 Å². The molecule has 0 aliphatic carbocycles. The number of aromatic nitrogens is 4. The van der Waals surface area contributed by atoms with Crippen molar-refractivity contribution in [1.82, 2.24) is 19.5 Å². The monoisotopic (exact) mass is 427 g/mol. The van der Waals surface area contributed by atoms with Crippen molar-refractivity contribution in [3.8, 4) is 10.6 Å². The highest BCUT2D eigenvalue weighted by Crippen LogP contribution is 2.29. The van der Waals surface area contributed by atoms with E-state index in [0.717, 1.165) is 20.8 Å². The van der Waals surface area contributed by atoms with E-state index in [1.54, 1.807) is 41.8 Å². The second kappa shape index (κ2) is 8.08. The largest absolute Gasteiger partial charge is 0.311 e. The number of hydrogen-bond donors (Lipinski definition) is 1. The number of carbonyl (C=O) groups is 1. The number of nitrogens with one attached hydrogen (secondary N) is 1. The van der Waals surface area contributed by atoms with Gasteiger partial charge in [-0.25, -0.2) is 15.0 Å². The van der Waals surface area contributed by atoms with Crippen molar-refractivity contribution >= 4 is 44.2 Å². The molecule has 0 atom stereocenters. The lowest BCUT2D eigenvalue weighted by atomic mass is 10.2. The molecule has 2 aromatic carbocycles. The quantitative estimate of drug-likeness (QED) is 0.456. The molecule has 0 radical (unpaired) electrons. The van der Waals surface area contributed by atoms with Crippen molar-refractivity contribution in [1.29, 1.82) is 0 Å². The van der Waals surface area contributed by atoms with Crippen LogP contribution in [0, 0.1) is 0 Å². The summed E-state index contributed by atoms with van der Waals surface area (Å²) in [6.07, 6.45) is 3.31. The van der Waals surface area contributed by atoms with Crippen molar-refractivity contribution in [3.63, 3.8) is 0 Å². The maximum atomic E-state index is 12.5. The summed E-state index contributed by atoms with van der Waals surface area (Å²) >= 11 is 1.60.